The Kier molecular flexibility index (Phi) is 4.03. The Balaban J connectivity index is 1.87. The molecule has 1 saturated heterocycles. The second-order valence-corrected chi connectivity index (χ2v) is 6.67. The Morgan fingerprint density at radius 1 is 1.13 bits per heavy atom. The number of piperidine rings is 1. The summed E-state index contributed by atoms with van der Waals surface area (Å²) in [6.45, 7) is 2.38. The summed E-state index contributed by atoms with van der Waals surface area (Å²) < 4.78 is 0.541. The molecule has 1 nitrogen and oxygen atoms in total. The smallest absolute Gasteiger partial charge is 0.0249 e. The minimum atomic E-state index is 0.541. The molecular formula is C13H18IN. The van der Waals surface area contributed by atoms with Crippen LogP contribution in [0.15, 0.2) is 30.3 Å². The van der Waals surface area contributed by atoms with Crippen LogP contribution >= 0.6 is 22.6 Å². The molecule has 15 heavy (non-hydrogen) atoms. The molecule has 0 amide bonds. The average molecular weight is 315 g/mol. The topological polar surface area (TPSA) is 12.0 Å². The molecule has 0 aliphatic carbocycles. The monoisotopic (exact) mass is 315 g/mol. The predicted octanol–water partition coefficient (Wildman–Crippen LogP) is 3.18. The van der Waals surface area contributed by atoms with Crippen LogP contribution in [-0.4, -0.2) is 16.5 Å². The first-order valence-electron chi connectivity index (χ1n) is 5.72. The van der Waals surface area contributed by atoms with Crippen LogP contribution in [0.2, 0.25) is 0 Å². The number of benzene rings is 1. The molecule has 1 aromatic rings. The van der Waals surface area contributed by atoms with Crippen LogP contribution in [0.1, 0.15) is 24.8 Å². The first-order valence-corrected chi connectivity index (χ1v) is 6.80. The van der Waals surface area contributed by atoms with Gasteiger partial charge in [0.15, 0.2) is 0 Å². The van der Waals surface area contributed by atoms with Crippen molar-refractivity contribution in [2.75, 3.05) is 13.1 Å². The Bertz CT molecular complexity index is 291. The van der Waals surface area contributed by atoms with Gasteiger partial charge in [0.2, 0.25) is 0 Å². The fraction of sp³-hybridized carbons (Fsp3) is 0.538. The highest BCUT2D eigenvalue weighted by Crippen LogP contribution is 2.34. The number of rotatable bonds is 3. The highest BCUT2D eigenvalue weighted by atomic mass is 127. The Morgan fingerprint density at radius 2 is 1.80 bits per heavy atom. The molecule has 0 unspecified atom stereocenters. The van der Waals surface area contributed by atoms with Gasteiger partial charge in [-0.1, -0.05) is 52.9 Å². The van der Waals surface area contributed by atoms with Crippen LogP contribution in [0.25, 0.3) is 0 Å². The van der Waals surface area contributed by atoms with E-state index in [0.717, 1.165) is 0 Å². The zero-order valence-electron chi connectivity index (χ0n) is 9.01. The third-order valence-electron chi connectivity index (χ3n) is 3.20. The number of hydrogen-bond acceptors (Lipinski definition) is 1. The molecule has 0 spiro atoms. The summed E-state index contributed by atoms with van der Waals surface area (Å²) in [5.74, 6) is 0. The Labute approximate surface area is 106 Å². The molecule has 0 radical (unpaired) electrons. The van der Waals surface area contributed by atoms with E-state index < -0.39 is 0 Å². The lowest BCUT2D eigenvalue weighted by atomic mass is 9.91. The van der Waals surface area contributed by atoms with Gasteiger partial charge in [0.25, 0.3) is 0 Å². The maximum atomic E-state index is 3.43. The van der Waals surface area contributed by atoms with Crippen molar-refractivity contribution in [3.8, 4) is 0 Å². The van der Waals surface area contributed by atoms with Crippen LogP contribution in [0, 0.1) is 0 Å². The molecule has 82 valence electrons. The molecule has 1 heterocycles. The third-order valence-corrected chi connectivity index (χ3v) is 4.82. The van der Waals surface area contributed by atoms with Crippen molar-refractivity contribution in [1.29, 1.82) is 0 Å². The van der Waals surface area contributed by atoms with Crippen LogP contribution in [0.3, 0.4) is 0 Å². The summed E-state index contributed by atoms with van der Waals surface area (Å²) in [6, 6.07) is 10.8. The summed E-state index contributed by atoms with van der Waals surface area (Å²) in [6.07, 6.45) is 5.18. The Morgan fingerprint density at radius 3 is 2.47 bits per heavy atom. The van der Waals surface area contributed by atoms with E-state index in [1.807, 2.05) is 0 Å². The summed E-state index contributed by atoms with van der Waals surface area (Å²) in [7, 11) is 0. The van der Waals surface area contributed by atoms with Crippen molar-refractivity contribution in [3.63, 3.8) is 0 Å². The van der Waals surface area contributed by atoms with Gasteiger partial charge in [-0.25, -0.2) is 0 Å². The van der Waals surface area contributed by atoms with Crippen molar-refractivity contribution >= 4 is 22.6 Å². The molecule has 0 saturated carbocycles. The SMILES string of the molecule is IC1(CCc2ccccc2)CCNCC1. The largest absolute Gasteiger partial charge is 0.317 e. The second-order valence-electron chi connectivity index (χ2n) is 4.39. The number of hydrogen-bond donors (Lipinski definition) is 1. The van der Waals surface area contributed by atoms with Gasteiger partial charge in [-0.05, 0) is 44.3 Å². The lowest BCUT2D eigenvalue weighted by molar-refractivity contribution is 0.412. The first-order chi connectivity index (χ1) is 7.29. The van der Waals surface area contributed by atoms with E-state index in [9.17, 15) is 0 Å². The second kappa shape index (κ2) is 5.30. The highest BCUT2D eigenvalue weighted by Gasteiger charge is 2.27. The van der Waals surface area contributed by atoms with Crippen molar-refractivity contribution in [3.05, 3.63) is 35.9 Å². The first kappa shape index (κ1) is 11.4. The number of halogens is 1. The zero-order chi connectivity index (χ0) is 10.6. The van der Waals surface area contributed by atoms with E-state index in [1.54, 1.807) is 0 Å². The van der Waals surface area contributed by atoms with E-state index in [1.165, 1.54) is 44.3 Å². The molecule has 0 bridgehead atoms. The molecule has 2 heteroatoms. The molecule has 0 aromatic heterocycles. The van der Waals surface area contributed by atoms with Gasteiger partial charge in [0.05, 0.1) is 0 Å². The van der Waals surface area contributed by atoms with Gasteiger partial charge < -0.3 is 5.32 Å². The van der Waals surface area contributed by atoms with Gasteiger partial charge in [-0.15, -0.1) is 0 Å². The lowest BCUT2D eigenvalue weighted by Crippen LogP contribution is -2.37. The van der Waals surface area contributed by atoms with Crippen molar-refractivity contribution < 1.29 is 0 Å². The Hall–Kier alpha value is -0.0900. The summed E-state index contributed by atoms with van der Waals surface area (Å²) in [4.78, 5) is 0. The fourth-order valence-electron chi connectivity index (χ4n) is 2.14. The normalized spacial score (nSPS) is 20.1. The predicted molar refractivity (Wildman–Crippen MR) is 73.6 cm³/mol. The zero-order valence-corrected chi connectivity index (χ0v) is 11.2. The molecule has 0 atom stereocenters. The number of aryl methyl sites for hydroxylation is 1. The average Bonchev–Trinajstić information content (AvgIpc) is 2.29. The van der Waals surface area contributed by atoms with E-state index in [4.69, 9.17) is 0 Å². The van der Waals surface area contributed by atoms with Gasteiger partial charge in [0.1, 0.15) is 0 Å². The van der Waals surface area contributed by atoms with Gasteiger partial charge in [0, 0.05) is 3.42 Å². The van der Waals surface area contributed by atoms with Crippen LogP contribution < -0.4 is 5.32 Å². The summed E-state index contributed by atoms with van der Waals surface area (Å²) >= 11 is 2.68. The van der Waals surface area contributed by atoms with Crippen molar-refractivity contribution in [2.24, 2.45) is 0 Å². The minimum absolute atomic E-state index is 0.541. The third kappa shape index (κ3) is 3.45. The van der Waals surface area contributed by atoms with Crippen LogP contribution in [0.5, 0.6) is 0 Å². The van der Waals surface area contributed by atoms with Crippen molar-refractivity contribution in [1.82, 2.24) is 5.32 Å². The minimum Gasteiger partial charge on any atom is -0.317 e. The standard InChI is InChI=1S/C13H18IN/c14-13(8-10-15-11-9-13)7-6-12-4-2-1-3-5-12/h1-5,15H,6-11H2. The van der Waals surface area contributed by atoms with Gasteiger partial charge in [-0.3, -0.25) is 0 Å². The molecular weight excluding hydrogens is 297 g/mol. The van der Waals surface area contributed by atoms with Gasteiger partial charge in [-0.2, -0.15) is 0 Å². The molecule has 2 rings (SSSR count). The van der Waals surface area contributed by atoms with Gasteiger partial charge >= 0.3 is 0 Å². The van der Waals surface area contributed by atoms with E-state index in [-0.39, 0.29) is 0 Å². The van der Waals surface area contributed by atoms with E-state index >= 15 is 0 Å². The van der Waals surface area contributed by atoms with E-state index in [0.29, 0.717) is 3.42 Å². The number of alkyl halides is 1. The molecule has 1 fully saturated rings. The molecule has 1 N–H and O–H groups in total. The quantitative estimate of drug-likeness (QED) is 0.667. The van der Waals surface area contributed by atoms with Crippen LogP contribution in [-0.2, 0) is 6.42 Å². The van der Waals surface area contributed by atoms with Crippen molar-refractivity contribution in [2.45, 2.75) is 29.1 Å². The van der Waals surface area contributed by atoms with E-state index in [2.05, 4.69) is 58.2 Å². The lowest BCUT2D eigenvalue weighted by Gasteiger charge is -2.32. The highest BCUT2D eigenvalue weighted by molar-refractivity contribution is 14.1. The molecule has 1 aromatic carbocycles. The van der Waals surface area contributed by atoms with Crippen LogP contribution in [0.4, 0.5) is 0 Å². The summed E-state index contributed by atoms with van der Waals surface area (Å²) in [5, 5.41) is 3.43. The maximum absolute atomic E-state index is 3.43. The number of nitrogens with one attached hydrogen (secondary N) is 1. The fourth-order valence-corrected chi connectivity index (χ4v) is 2.95. The molecule has 1 aliphatic rings. The molecule has 1 aliphatic heterocycles. The maximum Gasteiger partial charge on any atom is 0.0249 e. The summed E-state index contributed by atoms with van der Waals surface area (Å²) in [5.41, 5.74) is 1.48.